The zero-order chi connectivity index (χ0) is 17.6. The molecular weight excluding hydrogens is 320 g/mol. The molecule has 25 heavy (non-hydrogen) atoms. The zero-order valence-electron chi connectivity index (χ0n) is 13.8. The standard InChI is InChI=1S/C19H18N2O4/c1-3-24-10-11-25-16-9-8-13(12-17(16)23-2)18-20-15-7-5-4-6-14(15)19(22)21-18/h3-9,12H,1,10-11H2,2H3,(H,20,21,22). The van der Waals surface area contributed by atoms with Crippen LogP contribution >= 0.6 is 0 Å². The van der Waals surface area contributed by atoms with Crippen LogP contribution in [0.1, 0.15) is 0 Å². The first kappa shape index (κ1) is 16.6. The van der Waals surface area contributed by atoms with Crippen molar-refractivity contribution in [3.05, 3.63) is 65.7 Å². The van der Waals surface area contributed by atoms with Crippen LogP contribution in [0.2, 0.25) is 0 Å². The predicted octanol–water partition coefficient (Wildman–Crippen LogP) is 3.14. The lowest BCUT2D eigenvalue weighted by Gasteiger charge is -2.12. The highest BCUT2D eigenvalue weighted by Gasteiger charge is 2.10. The number of hydrogen-bond acceptors (Lipinski definition) is 5. The summed E-state index contributed by atoms with van der Waals surface area (Å²) in [7, 11) is 1.56. The molecule has 0 unspecified atom stereocenters. The van der Waals surface area contributed by atoms with Gasteiger partial charge in [-0.3, -0.25) is 4.79 Å². The largest absolute Gasteiger partial charge is 0.498 e. The summed E-state index contributed by atoms with van der Waals surface area (Å²) in [6.07, 6.45) is 1.37. The van der Waals surface area contributed by atoms with E-state index in [2.05, 4.69) is 16.5 Å². The Kier molecular flexibility index (Phi) is 4.99. The Bertz CT molecular complexity index is 950. The second-order valence-electron chi connectivity index (χ2n) is 5.18. The molecule has 3 rings (SSSR count). The van der Waals surface area contributed by atoms with Crippen LogP contribution in [0.15, 0.2) is 60.1 Å². The van der Waals surface area contributed by atoms with Gasteiger partial charge < -0.3 is 19.2 Å². The summed E-state index contributed by atoms with van der Waals surface area (Å²) in [5.74, 6) is 1.61. The smallest absolute Gasteiger partial charge is 0.259 e. The topological polar surface area (TPSA) is 73.4 Å². The van der Waals surface area contributed by atoms with Gasteiger partial charge in [-0.1, -0.05) is 18.7 Å². The van der Waals surface area contributed by atoms with Crippen molar-refractivity contribution in [1.82, 2.24) is 9.97 Å². The first-order chi connectivity index (χ1) is 12.2. The van der Waals surface area contributed by atoms with E-state index in [1.165, 1.54) is 6.26 Å². The summed E-state index contributed by atoms with van der Waals surface area (Å²) >= 11 is 0. The maximum absolute atomic E-state index is 12.2. The maximum Gasteiger partial charge on any atom is 0.259 e. The van der Waals surface area contributed by atoms with Crippen molar-refractivity contribution in [3.8, 4) is 22.9 Å². The summed E-state index contributed by atoms with van der Waals surface area (Å²) in [6, 6.07) is 12.6. The number of rotatable bonds is 7. The van der Waals surface area contributed by atoms with E-state index >= 15 is 0 Å². The molecule has 6 heteroatoms. The van der Waals surface area contributed by atoms with Crippen molar-refractivity contribution in [2.75, 3.05) is 20.3 Å². The van der Waals surface area contributed by atoms with Crippen molar-refractivity contribution in [1.29, 1.82) is 0 Å². The number of H-pyrrole nitrogens is 1. The Hall–Kier alpha value is -3.28. The highest BCUT2D eigenvalue weighted by Crippen LogP contribution is 2.31. The number of hydrogen-bond donors (Lipinski definition) is 1. The van der Waals surface area contributed by atoms with E-state index in [-0.39, 0.29) is 5.56 Å². The fraction of sp³-hybridized carbons (Fsp3) is 0.158. The van der Waals surface area contributed by atoms with Crippen molar-refractivity contribution in [3.63, 3.8) is 0 Å². The Morgan fingerprint density at radius 1 is 1.16 bits per heavy atom. The Labute approximate surface area is 144 Å². The molecule has 128 valence electrons. The summed E-state index contributed by atoms with van der Waals surface area (Å²) < 4.78 is 16.0. The van der Waals surface area contributed by atoms with Gasteiger partial charge in [0.1, 0.15) is 19.0 Å². The normalized spacial score (nSPS) is 10.4. The van der Waals surface area contributed by atoms with Gasteiger partial charge in [-0.25, -0.2) is 4.98 Å². The Morgan fingerprint density at radius 3 is 2.80 bits per heavy atom. The van der Waals surface area contributed by atoms with Gasteiger partial charge in [0.15, 0.2) is 11.5 Å². The van der Waals surface area contributed by atoms with Crippen LogP contribution in [0.3, 0.4) is 0 Å². The minimum Gasteiger partial charge on any atom is -0.498 e. The molecule has 0 saturated heterocycles. The molecule has 0 aliphatic rings. The third kappa shape index (κ3) is 3.63. The summed E-state index contributed by atoms with van der Waals surface area (Å²) in [4.78, 5) is 19.5. The number of para-hydroxylation sites is 1. The van der Waals surface area contributed by atoms with E-state index in [9.17, 15) is 4.79 Å². The fourth-order valence-corrected chi connectivity index (χ4v) is 2.44. The van der Waals surface area contributed by atoms with Crippen molar-refractivity contribution >= 4 is 10.9 Å². The number of nitrogens with zero attached hydrogens (tertiary/aromatic N) is 1. The summed E-state index contributed by atoms with van der Waals surface area (Å²) in [6.45, 7) is 4.24. The molecule has 0 saturated carbocycles. The molecule has 0 fully saturated rings. The second kappa shape index (κ2) is 7.53. The van der Waals surface area contributed by atoms with Gasteiger partial charge in [0.05, 0.1) is 24.3 Å². The Balaban J connectivity index is 1.92. The van der Waals surface area contributed by atoms with E-state index in [1.54, 1.807) is 25.3 Å². The Morgan fingerprint density at radius 2 is 2.00 bits per heavy atom. The molecular formula is C19H18N2O4. The number of aromatic nitrogens is 2. The molecule has 0 radical (unpaired) electrons. The molecule has 1 aromatic heterocycles. The van der Waals surface area contributed by atoms with Gasteiger partial charge in [0.2, 0.25) is 0 Å². The van der Waals surface area contributed by atoms with Crippen LogP contribution in [0.5, 0.6) is 11.5 Å². The average Bonchev–Trinajstić information content (AvgIpc) is 2.65. The van der Waals surface area contributed by atoms with E-state index in [4.69, 9.17) is 14.2 Å². The minimum atomic E-state index is -0.179. The molecule has 3 aromatic rings. The predicted molar refractivity (Wildman–Crippen MR) is 96.0 cm³/mol. The average molecular weight is 338 g/mol. The number of ether oxygens (including phenoxy) is 3. The molecule has 0 spiro atoms. The first-order valence-electron chi connectivity index (χ1n) is 7.75. The van der Waals surface area contributed by atoms with Crippen LogP contribution in [0, 0.1) is 0 Å². The molecule has 2 aromatic carbocycles. The van der Waals surface area contributed by atoms with Crippen LogP contribution in [0.25, 0.3) is 22.3 Å². The van der Waals surface area contributed by atoms with Crippen LogP contribution in [-0.4, -0.2) is 30.3 Å². The third-order valence-corrected chi connectivity index (χ3v) is 3.63. The molecule has 0 aliphatic carbocycles. The van der Waals surface area contributed by atoms with Gasteiger partial charge in [-0.15, -0.1) is 0 Å². The maximum atomic E-state index is 12.2. The van der Waals surface area contributed by atoms with E-state index in [0.717, 1.165) is 5.56 Å². The SMILES string of the molecule is C=COCCOc1ccc(-c2nc3ccccc3c(=O)[nH]2)cc1OC. The van der Waals surface area contributed by atoms with Crippen molar-refractivity contribution in [2.45, 2.75) is 0 Å². The molecule has 0 atom stereocenters. The molecule has 6 nitrogen and oxygen atoms in total. The highest BCUT2D eigenvalue weighted by molar-refractivity contribution is 5.79. The number of nitrogens with one attached hydrogen (secondary N) is 1. The number of fused-ring (bicyclic) bond motifs is 1. The molecule has 0 amide bonds. The van der Waals surface area contributed by atoms with Crippen LogP contribution < -0.4 is 15.0 Å². The highest BCUT2D eigenvalue weighted by atomic mass is 16.5. The summed E-state index contributed by atoms with van der Waals surface area (Å²) in [5.41, 5.74) is 1.19. The third-order valence-electron chi connectivity index (χ3n) is 3.63. The van der Waals surface area contributed by atoms with Gasteiger partial charge in [-0.2, -0.15) is 0 Å². The monoisotopic (exact) mass is 338 g/mol. The van der Waals surface area contributed by atoms with Gasteiger partial charge in [-0.05, 0) is 30.3 Å². The van der Waals surface area contributed by atoms with E-state index in [1.807, 2.05) is 24.3 Å². The number of benzene rings is 2. The fourth-order valence-electron chi connectivity index (χ4n) is 2.44. The van der Waals surface area contributed by atoms with E-state index in [0.29, 0.717) is 41.4 Å². The molecule has 0 bridgehead atoms. The molecule has 0 aliphatic heterocycles. The van der Waals surface area contributed by atoms with Crippen molar-refractivity contribution < 1.29 is 14.2 Å². The van der Waals surface area contributed by atoms with Crippen molar-refractivity contribution in [2.24, 2.45) is 0 Å². The lowest BCUT2D eigenvalue weighted by atomic mass is 10.1. The van der Waals surface area contributed by atoms with Crippen LogP contribution in [-0.2, 0) is 4.74 Å². The van der Waals surface area contributed by atoms with Gasteiger partial charge in [0.25, 0.3) is 5.56 Å². The minimum absolute atomic E-state index is 0.179. The lowest BCUT2D eigenvalue weighted by molar-refractivity contribution is 0.176. The van der Waals surface area contributed by atoms with Crippen LogP contribution in [0.4, 0.5) is 0 Å². The molecule has 1 N–H and O–H groups in total. The van der Waals surface area contributed by atoms with Gasteiger partial charge >= 0.3 is 0 Å². The number of methoxy groups -OCH3 is 1. The lowest BCUT2D eigenvalue weighted by Crippen LogP contribution is -2.09. The summed E-state index contributed by atoms with van der Waals surface area (Å²) in [5, 5.41) is 0.556. The molecule has 1 heterocycles. The first-order valence-corrected chi connectivity index (χ1v) is 7.75. The van der Waals surface area contributed by atoms with E-state index < -0.39 is 0 Å². The van der Waals surface area contributed by atoms with Gasteiger partial charge in [0, 0.05) is 5.56 Å². The number of aromatic amines is 1. The quantitative estimate of drug-likeness (QED) is 0.529. The second-order valence-corrected chi connectivity index (χ2v) is 5.18. The zero-order valence-corrected chi connectivity index (χ0v) is 13.8.